The van der Waals surface area contributed by atoms with Crippen LogP contribution in [-0.4, -0.2) is 9.97 Å². The molecule has 0 spiro atoms. The van der Waals surface area contributed by atoms with Gasteiger partial charge in [-0.3, -0.25) is 0 Å². The second kappa shape index (κ2) is 5.31. The number of ether oxygens (including phenoxy) is 1. The predicted molar refractivity (Wildman–Crippen MR) is 72.4 cm³/mol. The predicted octanol–water partition coefficient (Wildman–Crippen LogP) is 3.19. The van der Waals surface area contributed by atoms with Gasteiger partial charge in [0.1, 0.15) is 17.9 Å². The highest BCUT2D eigenvalue weighted by molar-refractivity contribution is 5.58. The standard InChI is InChI=1S/C14H15N3O/c1-3-6-11-7-4-5-8-12(11)18-14-10(2)13(15)16-9-17-14/h3-9H,1-2H3,(H2,15,16,17)/b6-3+. The first-order valence-electron chi connectivity index (χ1n) is 5.69. The molecule has 1 aromatic heterocycles. The van der Waals surface area contributed by atoms with Crippen LogP contribution in [0.25, 0.3) is 6.08 Å². The minimum atomic E-state index is 0.434. The maximum Gasteiger partial charge on any atom is 0.227 e. The Hall–Kier alpha value is -2.36. The highest BCUT2D eigenvalue weighted by Gasteiger charge is 2.08. The van der Waals surface area contributed by atoms with Crippen molar-refractivity contribution in [3.63, 3.8) is 0 Å². The molecule has 2 rings (SSSR count). The maximum absolute atomic E-state index is 5.79. The lowest BCUT2D eigenvalue weighted by atomic mass is 10.2. The molecule has 0 saturated heterocycles. The van der Waals surface area contributed by atoms with Gasteiger partial charge in [0.2, 0.25) is 5.88 Å². The van der Waals surface area contributed by atoms with Crippen molar-refractivity contribution in [1.82, 2.24) is 9.97 Å². The number of anilines is 1. The van der Waals surface area contributed by atoms with Crippen LogP contribution in [0.1, 0.15) is 18.1 Å². The van der Waals surface area contributed by atoms with E-state index in [4.69, 9.17) is 10.5 Å². The quantitative estimate of drug-likeness (QED) is 0.896. The lowest BCUT2D eigenvalue weighted by Gasteiger charge is -2.10. The Balaban J connectivity index is 2.37. The van der Waals surface area contributed by atoms with Gasteiger partial charge in [0, 0.05) is 5.56 Å². The third-order valence-electron chi connectivity index (χ3n) is 2.55. The molecule has 0 unspecified atom stereocenters. The average molecular weight is 241 g/mol. The van der Waals surface area contributed by atoms with Crippen LogP contribution in [0.5, 0.6) is 11.6 Å². The molecule has 0 bridgehead atoms. The molecule has 4 nitrogen and oxygen atoms in total. The fourth-order valence-electron chi connectivity index (χ4n) is 1.54. The Labute approximate surface area is 106 Å². The van der Waals surface area contributed by atoms with Gasteiger partial charge < -0.3 is 10.5 Å². The van der Waals surface area contributed by atoms with Crippen LogP contribution < -0.4 is 10.5 Å². The molecule has 2 aromatic rings. The van der Waals surface area contributed by atoms with Crippen LogP contribution in [0.15, 0.2) is 36.7 Å². The number of para-hydroxylation sites is 1. The summed E-state index contributed by atoms with van der Waals surface area (Å²) in [5.74, 6) is 1.67. The Morgan fingerprint density at radius 2 is 2.00 bits per heavy atom. The highest BCUT2D eigenvalue weighted by Crippen LogP contribution is 2.28. The Bertz CT molecular complexity index is 579. The van der Waals surface area contributed by atoms with Gasteiger partial charge in [-0.15, -0.1) is 0 Å². The number of nitrogens with zero attached hydrogens (tertiary/aromatic N) is 2. The second-order valence-electron chi connectivity index (χ2n) is 3.83. The third-order valence-corrected chi connectivity index (χ3v) is 2.55. The van der Waals surface area contributed by atoms with E-state index in [0.717, 1.165) is 16.9 Å². The zero-order chi connectivity index (χ0) is 13.0. The molecule has 18 heavy (non-hydrogen) atoms. The normalized spacial score (nSPS) is 10.8. The summed E-state index contributed by atoms with van der Waals surface area (Å²) in [6, 6.07) is 7.76. The smallest absolute Gasteiger partial charge is 0.227 e. The van der Waals surface area contributed by atoms with E-state index < -0.39 is 0 Å². The summed E-state index contributed by atoms with van der Waals surface area (Å²) < 4.78 is 5.79. The van der Waals surface area contributed by atoms with Crippen LogP contribution >= 0.6 is 0 Å². The first kappa shape index (κ1) is 12.1. The Kier molecular flexibility index (Phi) is 3.57. The van der Waals surface area contributed by atoms with Gasteiger partial charge in [0.15, 0.2) is 0 Å². The van der Waals surface area contributed by atoms with E-state index in [2.05, 4.69) is 9.97 Å². The first-order valence-corrected chi connectivity index (χ1v) is 5.69. The van der Waals surface area contributed by atoms with Crippen molar-refractivity contribution in [2.24, 2.45) is 0 Å². The van der Waals surface area contributed by atoms with E-state index in [1.807, 2.05) is 50.3 Å². The molecule has 92 valence electrons. The number of benzene rings is 1. The van der Waals surface area contributed by atoms with Crippen LogP contribution in [0.4, 0.5) is 5.82 Å². The van der Waals surface area contributed by atoms with Crippen LogP contribution in [0.2, 0.25) is 0 Å². The third kappa shape index (κ3) is 2.48. The van der Waals surface area contributed by atoms with Gasteiger partial charge in [0.25, 0.3) is 0 Å². The highest BCUT2D eigenvalue weighted by atomic mass is 16.5. The number of hydrogen-bond acceptors (Lipinski definition) is 4. The molecule has 1 aromatic carbocycles. The SMILES string of the molecule is C/C=C/c1ccccc1Oc1ncnc(N)c1C. The monoisotopic (exact) mass is 241 g/mol. The fourth-order valence-corrected chi connectivity index (χ4v) is 1.54. The number of hydrogen-bond donors (Lipinski definition) is 1. The van der Waals surface area contributed by atoms with E-state index >= 15 is 0 Å². The summed E-state index contributed by atoms with van der Waals surface area (Å²) in [4.78, 5) is 8.01. The van der Waals surface area contributed by atoms with Crippen molar-refractivity contribution < 1.29 is 4.74 Å². The van der Waals surface area contributed by atoms with Gasteiger partial charge in [-0.1, -0.05) is 30.4 Å². The molecule has 0 aliphatic heterocycles. The van der Waals surface area contributed by atoms with Crippen molar-refractivity contribution in [3.8, 4) is 11.6 Å². The van der Waals surface area contributed by atoms with Crippen molar-refractivity contribution in [3.05, 3.63) is 47.8 Å². The maximum atomic E-state index is 5.79. The van der Waals surface area contributed by atoms with E-state index in [-0.39, 0.29) is 0 Å². The van der Waals surface area contributed by atoms with E-state index in [9.17, 15) is 0 Å². The molecule has 4 heteroatoms. The van der Waals surface area contributed by atoms with Gasteiger partial charge in [-0.25, -0.2) is 9.97 Å². The average Bonchev–Trinajstić information content (AvgIpc) is 2.37. The van der Waals surface area contributed by atoms with Crippen molar-refractivity contribution in [1.29, 1.82) is 0 Å². The van der Waals surface area contributed by atoms with Gasteiger partial charge in [0.05, 0.1) is 5.56 Å². The minimum absolute atomic E-state index is 0.434. The molecule has 0 atom stereocenters. The van der Waals surface area contributed by atoms with E-state index in [1.165, 1.54) is 6.33 Å². The first-order chi connectivity index (χ1) is 8.72. The number of allylic oxidation sites excluding steroid dienone is 1. The van der Waals surface area contributed by atoms with Crippen LogP contribution in [0.3, 0.4) is 0 Å². The van der Waals surface area contributed by atoms with Gasteiger partial charge in [-0.2, -0.15) is 0 Å². The summed E-state index contributed by atoms with van der Waals surface area (Å²) in [7, 11) is 0. The molecule has 0 aliphatic rings. The lowest BCUT2D eigenvalue weighted by Crippen LogP contribution is -1.99. The molecule has 0 aliphatic carbocycles. The molecular weight excluding hydrogens is 226 g/mol. The summed E-state index contributed by atoms with van der Waals surface area (Å²) >= 11 is 0. The minimum Gasteiger partial charge on any atom is -0.438 e. The topological polar surface area (TPSA) is 61.0 Å². The number of rotatable bonds is 3. The zero-order valence-electron chi connectivity index (χ0n) is 10.4. The number of nitrogens with two attached hydrogens (primary N) is 1. The molecule has 0 fully saturated rings. The van der Waals surface area contributed by atoms with E-state index in [1.54, 1.807) is 0 Å². The Morgan fingerprint density at radius 1 is 1.22 bits per heavy atom. The molecule has 0 radical (unpaired) electrons. The summed E-state index contributed by atoms with van der Waals surface area (Å²) in [6.45, 7) is 3.80. The lowest BCUT2D eigenvalue weighted by molar-refractivity contribution is 0.457. The summed E-state index contributed by atoms with van der Waals surface area (Å²) in [6.07, 6.45) is 5.34. The molecule has 0 saturated carbocycles. The van der Waals surface area contributed by atoms with Gasteiger partial charge in [-0.05, 0) is 19.9 Å². The molecule has 2 N–H and O–H groups in total. The number of nitrogen functional groups attached to an aromatic ring is 1. The summed E-state index contributed by atoms with van der Waals surface area (Å²) in [5.41, 5.74) is 7.47. The van der Waals surface area contributed by atoms with E-state index in [0.29, 0.717) is 11.7 Å². The van der Waals surface area contributed by atoms with Crippen LogP contribution in [-0.2, 0) is 0 Å². The largest absolute Gasteiger partial charge is 0.438 e. The zero-order valence-corrected chi connectivity index (χ0v) is 10.4. The molecule has 0 amide bonds. The fraction of sp³-hybridized carbons (Fsp3) is 0.143. The molecule has 1 heterocycles. The summed E-state index contributed by atoms with van der Waals surface area (Å²) in [5, 5.41) is 0. The van der Waals surface area contributed by atoms with Crippen molar-refractivity contribution in [2.45, 2.75) is 13.8 Å². The second-order valence-corrected chi connectivity index (χ2v) is 3.83. The number of aromatic nitrogens is 2. The van der Waals surface area contributed by atoms with Crippen molar-refractivity contribution >= 4 is 11.9 Å². The van der Waals surface area contributed by atoms with Crippen LogP contribution in [0, 0.1) is 6.92 Å². The molecular formula is C14H15N3O. The Morgan fingerprint density at radius 3 is 2.78 bits per heavy atom. The van der Waals surface area contributed by atoms with Gasteiger partial charge >= 0.3 is 0 Å². The van der Waals surface area contributed by atoms with Crippen molar-refractivity contribution in [2.75, 3.05) is 5.73 Å².